The van der Waals surface area contributed by atoms with Crippen molar-refractivity contribution in [2.45, 2.75) is 25.6 Å². The Hall–Kier alpha value is -2.87. The quantitative estimate of drug-likeness (QED) is 0.323. The van der Waals surface area contributed by atoms with Crippen molar-refractivity contribution in [2.75, 3.05) is 18.9 Å². The zero-order valence-corrected chi connectivity index (χ0v) is 21.3. The Balaban J connectivity index is 1.50. The van der Waals surface area contributed by atoms with Crippen molar-refractivity contribution >= 4 is 39.0 Å². The maximum Gasteiger partial charge on any atom is 0.323 e. The number of aromatic nitrogens is 1. The Kier molecular flexibility index (Phi) is 5.56. The molecule has 1 atom stereocenters. The summed E-state index contributed by atoms with van der Waals surface area (Å²) in [4.78, 5) is 19.7. The molecule has 5 nitrogen and oxygen atoms in total. The molecule has 2 aromatic heterocycles. The summed E-state index contributed by atoms with van der Waals surface area (Å²) in [5.74, 6) is 0. The number of benzene rings is 2. The van der Waals surface area contributed by atoms with Gasteiger partial charge in [0.25, 0.3) is 0 Å². The summed E-state index contributed by atoms with van der Waals surface area (Å²) in [6.07, 6.45) is 3.16. The fourth-order valence-electron chi connectivity index (χ4n) is 5.09. The average Bonchev–Trinajstić information content (AvgIpc) is 3.42. The third-order valence-corrected chi connectivity index (χ3v) is 8.70. The van der Waals surface area contributed by atoms with Crippen molar-refractivity contribution in [3.63, 3.8) is 0 Å². The average molecular weight is 533 g/mol. The van der Waals surface area contributed by atoms with E-state index in [1.807, 2.05) is 58.7 Å². The molecular formula is C27H25BrN4OS. The highest BCUT2D eigenvalue weighted by atomic mass is 79.9. The van der Waals surface area contributed by atoms with E-state index in [1.165, 1.54) is 21.0 Å². The van der Waals surface area contributed by atoms with E-state index < -0.39 is 0 Å². The van der Waals surface area contributed by atoms with Gasteiger partial charge in [-0.25, -0.2) is 4.79 Å². The van der Waals surface area contributed by atoms with Gasteiger partial charge in [0, 0.05) is 34.2 Å². The van der Waals surface area contributed by atoms with Crippen LogP contribution in [0.3, 0.4) is 0 Å². The molecule has 6 rings (SSSR count). The number of carbonyl (C=O) groups is 1. The number of amides is 2. The molecule has 2 aliphatic heterocycles. The van der Waals surface area contributed by atoms with Crippen molar-refractivity contribution in [3.05, 3.63) is 105 Å². The molecule has 0 bridgehead atoms. The highest BCUT2D eigenvalue weighted by Gasteiger charge is 2.36. The lowest BCUT2D eigenvalue weighted by Gasteiger charge is -2.32. The van der Waals surface area contributed by atoms with Gasteiger partial charge in [-0.05, 0) is 64.8 Å². The minimum Gasteiger partial charge on any atom is -0.310 e. The second-order valence-corrected chi connectivity index (χ2v) is 10.9. The molecule has 0 fully saturated rings. The highest BCUT2D eigenvalue weighted by Crippen LogP contribution is 2.43. The summed E-state index contributed by atoms with van der Waals surface area (Å²) >= 11 is 5.45. The number of nitrogens with zero attached hydrogens (tertiary/aromatic N) is 3. The molecule has 2 aliphatic rings. The standard InChI is InChI=1S/C27H25BrN4OS/c1-30-15-13-19-20-16-32(27(33)29-22-11-6-5-10-21(22)28)25(18-8-3-2-4-9-18)23-12-7-14-31(23)26(20)34-24(19)17-30/h2-12,14,25H,13,15-17H2,1H3,(H,29,33). The number of hydrogen-bond acceptors (Lipinski definition) is 3. The Morgan fingerprint density at radius 2 is 1.79 bits per heavy atom. The van der Waals surface area contributed by atoms with Crippen LogP contribution in [-0.4, -0.2) is 34.0 Å². The number of urea groups is 1. The van der Waals surface area contributed by atoms with Crippen LogP contribution in [0.2, 0.25) is 0 Å². The number of thiophene rings is 1. The van der Waals surface area contributed by atoms with Crippen molar-refractivity contribution < 1.29 is 4.79 Å². The summed E-state index contributed by atoms with van der Waals surface area (Å²) < 4.78 is 3.18. The Bertz CT molecular complexity index is 1360. The molecule has 2 aromatic carbocycles. The zero-order chi connectivity index (χ0) is 23.2. The van der Waals surface area contributed by atoms with Crippen LogP contribution in [0, 0.1) is 0 Å². The SMILES string of the molecule is CN1CCc2c(sc3c2CN(C(=O)Nc2ccccc2Br)C(c2ccccc2)c2cccn2-3)C1. The van der Waals surface area contributed by atoms with Gasteiger partial charge in [0.2, 0.25) is 0 Å². The van der Waals surface area contributed by atoms with Crippen molar-refractivity contribution in [1.82, 2.24) is 14.4 Å². The lowest BCUT2D eigenvalue weighted by atomic mass is 10.0. The van der Waals surface area contributed by atoms with E-state index >= 15 is 0 Å². The summed E-state index contributed by atoms with van der Waals surface area (Å²) in [5, 5.41) is 4.41. The largest absolute Gasteiger partial charge is 0.323 e. The summed E-state index contributed by atoms with van der Waals surface area (Å²) in [6, 6.07) is 22.0. The molecule has 1 unspecified atom stereocenters. The molecule has 4 aromatic rings. The first-order valence-corrected chi connectivity index (χ1v) is 13.1. The van der Waals surface area contributed by atoms with E-state index in [4.69, 9.17) is 0 Å². The number of likely N-dealkylation sites (N-methyl/N-ethyl adjacent to an activating group) is 1. The number of para-hydroxylation sites is 1. The summed E-state index contributed by atoms with van der Waals surface area (Å²) in [6.45, 7) is 2.58. The third-order valence-electron chi connectivity index (χ3n) is 6.75. The van der Waals surface area contributed by atoms with Gasteiger partial charge < -0.3 is 19.7 Å². The van der Waals surface area contributed by atoms with E-state index in [9.17, 15) is 4.79 Å². The van der Waals surface area contributed by atoms with Gasteiger partial charge in [-0.15, -0.1) is 11.3 Å². The first kappa shape index (κ1) is 21.6. The molecule has 0 saturated heterocycles. The van der Waals surface area contributed by atoms with Crippen molar-refractivity contribution in [3.8, 4) is 5.00 Å². The molecule has 1 N–H and O–H groups in total. The number of nitrogens with one attached hydrogen (secondary N) is 1. The molecular weight excluding hydrogens is 508 g/mol. The first-order valence-electron chi connectivity index (χ1n) is 11.5. The van der Waals surface area contributed by atoms with Crippen molar-refractivity contribution in [1.29, 1.82) is 0 Å². The van der Waals surface area contributed by atoms with E-state index in [2.05, 4.69) is 68.2 Å². The lowest BCUT2D eigenvalue weighted by molar-refractivity contribution is 0.194. The molecule has 4 heterocycles. The van der Waals surface area contributed by atoms with Crippen LogP contribution >= 0.6 is 27.3 Å². The number of fused-ring (bicyclic) bond motifs is 5. The van der Waals surface area contributed by atoms with E-state index in [1.54, 1.807) is 0 Å². The number of halogens is 1. The van der Waals surface area contributed by atoms with Gasteiger partial charge in [-0.2, -0.15) is 0 Å². The number of carbonyl (C=O) groups excluding carboxylic acids is 1. The van der Waals surface area contributed by atoms with Gasteiger partial charge in [0.1, 0.15) is 5.00 Å². The number of hydrogen-bond donors (Lipinski definition) is 1. The third kappa shape index (κ3) is 3.68. The molecule has 7 heteroatoms. The van der Waals surface area contributed by atoms with Crippen LogP contribution in [-0.2, 0) is 19.5 Å². The van der Waals surface area contributed by atoms with Gasteiger partial charge in [-0.1, -0.05) is 42.5 Å². The van der Waals surface area contributed by atoms with Gasteiger partial charge >= 0.3 is 6.03 Å². The fourth-order valence-corrected chi connectivity index (χ4v) is 6.91. The van der Waals surface area contributed by atoms with Gasteiger partial charge in [0.05, 0.1) is 24.0 Å². The molecule has 172 valence electrons. The number of anilines is 1. The number of rotatable bonds is 2. The molecule has 0 radical (unpaired) electrons. The molecule has 0 aliphatic carbocycles. The molecule has 0 saturated carbocycles. The minimum atomic E-state index is -0.194. The van der Waals surface area contributed by atoms with Crippen LogP contribution in [0.4, 0.5) is 10.5 Å². The van der Waals surface area contributed by atoms with Crippen molar-refractivity contribution in [2.24, 2.45) is 0 Å². The minimum absolute atomic E-state index is 0.103. The maximum atomic E-state index is 13.9. The summed E-state index contributed by atoms with van der Waals surface area (Å²) in [7, 11) is 2.18. The normalized spacial score (nSPS) is 17.5. The predicted molar refractivity (Wildman–Crippen MR) is 141 cm³/mol. The highest BCUT2D eigenvalue weighted by molar-refractivity contribution is 9.10. The van der Waals surface area contributed by atoms with E-state index in [0.29, 0.717) is 6.54 Å². The first-order chi connectivity index (χ1) is 16.6. The smallest absolute Gasteiger partial charge is 0.310 e. The Labute approximate surface area is 211 Å². The van der Waals surface area contributed by atoms with Crippen LogP contribution in [0.15, 0.2) is 77.4 Å². The maximum absolute atomic E-state index is 13.9. The topological polar surface area (TPSA) is 40.5 Å². The lowest BCUT2D eigenvalue weighted by Crippen LogP contribution is -2.38. The molecule has 34 heavy (non-hydrogen) atoms. The second kappa shape index (κ2) is 8.73. The van der Waals surface area contributed by atoms with Gasteiger partial charge in [-0.3, -0.25) is 0 Å². The second-order valence-electron chi connectivity index (χ2n) is 8.93. The van der Waals surface area contributed by atoms with E-state index in [0.717, 1.165) is 40.9 Å². The predicted octanol–water partition coefficient (Wildman–Crippen LogP) is 6.43. The monoisotopic (exact) mass is 532 g/mol. The summed E-state index contributed by atoms with van der Waals surface area (Å²) in [5.41, 5.74) is 5.69. The van der Waals surface area contributed by atoms with Crippen LogP contribution in [0.5, 0.6) is 0 Å². The van der Waals surface area contributed by atoms with Crippen LogP contribution in [0.25, 0.3) is 5.00 Å². The molecule has 2 amide bonds. The Morgan fingerprint density at radius 3 is 2.62 bits per heavy atom. The fraction of sp³-hybridized carbons (Fsp3) is 0.222. The molecule has 0 spiro atoms. The van der Waals surface area contributed by atoms with Crippen LogP contribution < -0.4 is 5.32 Å². The van der Waals surface area contributed by atoms with E-state index in [-0.39, 0.29) is 12.1 Å². The zero-order valence-electron chi connectivity index (χ0n) is 18.9. The Morgan fingerprint density at radius 1 is 1.00 bits per heavy atom. The van der Waals surface area contributed by atoms with Gasteiger partial charge in [0.15, 0.2) is 0 Å². The van der Waals surface area contributed by atoms with Crippen LogP contribution in [0.1, 0.15) is 33.3 Å².